The van der Waals surface area contributed by atoms with Gasteiger partial charge in [0.25, 0.3) is 11.5 Å². The summed E-state index contributed by atoms with van der Waals surface area (Å²) in [7, 11) is 1.57. The molecule has 2 amide bonds. The lowest BCUT2D eigenvalue weighted by atomic mass is 10.1. The van der Waals surface area contributed by atoms with Gasteiger partial charge in [0.05, 0.1) is 16.7 Å². The topological polar surface area (TPSA) is 110 Å². The fourth-order valence-corrected chi connectivity index (χ4v) is 4.24. The van der Waals surface area contributed by atoms with Crippen molar-refractivity contribution in [2.24, 2.45) is 0 Å². The molecule has 0 saturated carbocycles. The number of carbonyl (C=O) groups is 2. The molecule has 0 atom stereocenters. The molecule has 9 nitrogen and oxygen atoms in total. The first-order valence-corrected chi connectivity index (χ1v) is 11.2. The Bertz CT molecular complexity index is 1430. The van der Waals surface area contributed by atoms with E-state index in [1.807, 2.05) is 18.2 Å². The lowest BCUT2D eigenvalue weighted by molar-refractivity contribution is -0.118. The molecule has 0 radical (unpaired) electrons. The molecule has 0 aliphatic rings. The Morgan fingerprint density at radius 1 is 1.15 bits per heavy atom. The summed E-state index contributed by atoms with van der Waals surface area (Å²) < 4.78 is 3.29. The van der Waals surface area contributed by atoms with Crippen molar-refractivity contribution >= 4 is 40.3 Å². The van der Waals surface area contributed by atoms with Gasteiger partial charge in [-0.25, -0.2) is 0 Å². The van der Waals surface area contributed by atoms with Crippen molar-refractivity contribution in [3.05, 3.63) is 82.7 Å². The molecule has 2 aromatic carbocycles. The maximum Gasteiger partial charge on any atom is 0.263 e. The van der Waals surface area contributed by atoms with Crippen LogP contribution in [-0.4, -0.2) is 43.8 Å². The molecule has 2 heterocycles. The van der Waals surface area contributed by atoms with E-state index in [0.717, 1.165) is 5.56 Å². The molecular formula is C23H22N6O3S. The van der Waals surface area contributed by atoms with Crippen LogP contribution in [0, 0.1) is 0 Å². The van der Waals surface area contributed by atoms with Gasteiger partial charge in [-0.1, -0.05) is 42.1 Å². The Balaban J connectivity index is 1.52. The summed E-state index contributed by atoms with van der Waals surface area (Å²) in [5.41, 5.74) is 1.86. The fraction of sp³-hybridized carbons (Fsp3) is 0.174. The van der Waals surface area contributed by atoms with Crippen LogP contribution >= 0.6 is 11.8 Å². The van der Waals surface area contributed by atoms with Crippen molar-refractivity contribution in [1.29, 1.82) is 0 Å². The molecule has 0 aliphatic carbocycles. The van der Waals surface area contributed by atoms with Crippen molar-refractivity contribution < 1.29 is 9.59 Å². The molecule has 0 aliphatic heterocycles. The van der Waals surface area contributed by atoms with Crippen LogP contribution in [0.4, 0.5) is 0 Å². The van der Waals surface area contributed by atoms with Crippen LogP contribution < -0.4 is 16.2 Å². The van der Waals surface area contributed by atoms with Crippen LogP contribution in [0.25, 0.3) is 16.7 Å². The molecule has 4 rings (SSSR count). The minimum atomic E-state index is -0.189. The van der Waals surface area contributed by atoms with E-state index in [1.165, 1.54) is 16.3 Å². The maximum absolute atomic E-state index is 12.9. The number of allylic oxidation sites excluding steroid dienone is 1. The number of benzene rings is 2. The van der Waals surface area contributed by atoms with E-state index in [2.05, 4.69) is 27.4 Å². The Morgan fingerprint density at radius 2 is 1.97 bits per heavy atom. The third-order valence-corrected chi connectivity index (χ3v) is 5.96. The first-order valence-electron chi connectivity index (χ1n) is 10.2. The van der Waals surface area contributed by atoms with Gasteiger partial charge in [-0.05, 0) is 29.8 Å². The van der Waals surface area contributed by atoms with Crippen LogP contribution in [-0.2, 0) is 17.9 Å². The largest absolute Gasteiger partial charge is 0.355 e. The van der Waals surface area contributed by atoms with E-state index in [4.69, 9.17) is 0 Å². The summed E-state index contributed by atoms with van der Waals surface area (Å²) in [6.45, 7) is 4.31. The van der Waals surface area contributed by atoms with E-state index in [1.54, 1.807) is 47.9 Å². The van der Waals surface area contributed by atoms with Crippen LogP contribution in [0.1, 0.15) is 15.9 Å². The number of hydrogen-bond donors (Lipinski definition) is 2. The number of thioether (sulfide) groups is 1. The maximum atomic E-state index is 12.9. The van der Waals surface area contributed by atoms with Crippen molar-refractivity contribution in [1.82, 2.24) is 29.8 Å². The quantitative estimate of drug-likeness (QED) is 0.306. The van der Waals surface area contributed by atoms with Gasteiger partial charge >= 0.3 is 0 Å². The second-order valence-electron chi connectivity index (χ2n) is 7.18. The second-order valence-corrected chi connectivity index (χ2v) is 8.13. The molecule has 0 spiro atoms. The summed E-state index contributed by atoms with van der Waals surface area (Å²) in [5, 5.41) is 14.9. The van der Waals surface area contributed by atoms with E-state index < -0.39 is 0 Å². The SMILES string of the molecule is C=CCn1c(=O)c2ccccc2n2c(SCC(=O)NCc3cccc(C(=O)NC)c3)nnc12. The molecule has 0 fully saturated rings. The molecule has 2 aromatic heterocycles. The summed E-state index contributed by atoms with van der Waals surface area (Å²) in [6, 6.07) is 14.3. The number of rotatable bonds is 8. The van der Waals surface area contributed by atoms with Crippen molar-refractivity contribution in [2.75, 3.05) is 12.8 Å². The average Bonchev–Trinajstić information content (AvgIpc) is 3.27. The average molecular weight is 463 g/mol. The molecule has 0 bridgehead atoms. The summed E-state index contributed by atoms with van der Waals surface area (Å²) in [6.07, 6.45) is 1.63. The number of hydrogen-bond acceptors (Lipinski definition) is 6. The third kappa shape index (κ3) is 4.51. The number of nitrogens with one attached hydrogen (secondary N) is 2. The molecule has 0 unspecified atom stereocenters. The van der Waals surface area contributed by atoms with Crippen LogP contribution in [0.2, 0.25) is 0 Å². The molecule has 4 aromatic rings. The van der Waals surface area contributed by atoms with Gasteiger partial charge in [0.1, 0.15) is 0 Å². The number of amides is 2. The standard InChI is InChI=1S/C23H22N6O3S/c1-3-11-28-21(32)17-9-4-5-10-18(17)29-22(28)26-27-23(29)33-14-19(30)25-13-15-7-6-8-16(12-15)20(31)24-2/h3-10,12H,1,11,13-14H2,2H3,(H,24,31)(H,25,30). The Labute approximate surface area is 193 Å². The van der Waals surface area contributed by atoms with Crippen LogP contribution in [0.5, 0.6) is 0 Å². The van der Waals surface area contributed by atoms with E-state index in [0.29, 0.717) is 40.5 Å². The zero-order chi connectivity index (χ0) is 23.4. The summed E-state index contributed by atoms with van der Waals surface area (Å²) in [5.74, 6) is 0.142. The number of aromatic nitrogens is 4. The summed E-state index contributed by atoms with van der Waals surface area (Å²) in [4.78, 5) is 37.1. The highest BCUT2D eigenvalue weighted by Crippen LogP contribution is 2.21. The fourth-order valence-electron chi connectivity index (χ4n) is 3.47. The minimum absolute atomic E-state index is 0.116. The highest BCUT2D eigenvalue weighted by atomic mass is 32.2. The van der Waals surface area contributed by atoms with Crippen LogP contribution in [0.3, 0.4) is 0 Å². The molecule has 33 heavy (non-hydrogen) atoms. The van der Waals surface area contributed by atoms with Crippen molar-refractivity contribution in [2.45, 2.75) is 18.2 Å². The normalized spacial score (nSPS) is 10.9. The van der Waals surface area contributed by atoms with Crippen molar-refractivity contribution in [3.63, 3.8) is 0 Å². The van der Waals surface area contributed by atoms with Gasteiger partial charge in [-0.2, -0.15) is 0 Å². The lowest BCUT2D eigenvalue weighted by Gasteiger charge is -2.10. The van der Waals surface area contributed by atoms with Gasteiger partial charge in [-0.15, -0.1) is 16.8 Å². The Kier molecular flexibility index (Phi) is 6.55. The van der Waals surface area contributed by atoms with E-state index >= 15 is 0 Å². The predicted octanol–water partition coefficient (Wildman–Crippen LogP) is 2.00. The molecular weight excluding hydrogens is 440 g/mol. The molecule has 2 N–H and O–H groups in total. The van der Waals surface area contributed by atoms with E-state index in [-0.39, 0.29) is 23.1 Å². The van der Waals surface area contributed by atoms with Crippen molar-refractivity contribution in [3.8, 4) is 0 Å². The monoisotopic (exact) mass is 462 g/mol. The number of para-hydroxylation sites is 1. The zero-order valence-corrected chi connectivity index (χ0v) is 18.8. The minimum Gasteiger partial charge on any atom is -0.355 e. The van der Waals surface area contributed by atoms with Gasteiger partial charge in [0.2, 0.25) is 11.7 Å². The predicted molar refractivity (Wildman–Crippen MR) is 127 cm³/mol. The number of fused-ring (bicyclic) bond motifs is 3. The molecule has 0 saturated heterocycles. The van der Waals surface area contributed by atoms with Gasteiger partial charge < -0.3 is 10.6 Å². The number of nitrogens with zero attached hydrogens (tertiary/aromatic N) is 4. The Morgan fingerprint density at radius 3 is 2.76 bits per heavy atom. The highest BCUT2D eigenvalue weighted by Gasteiger charge is 2.17. The van der Waals surface area contributed by atoms with Gasteiger partial charge in [0, 0.05) is 25.7 Å². The first kappa shape index (κ1) is 22.3. The van der Waals surface area contributed by atoms with E-state index in [9.17, 15) is 14.4 Å². The van der Waals surface area contributed by atoms with Gasteiger partial charge in [-0.3, -0.25) is 23.4 Å². The molecule has 10 heteroatoms. The third-order valence-electron chi connectivity index (χ3n) is 5.03. The zero-order valence-electron chi connectivity index (χ0n) is 17.9. The number of carbonyl (C=O) groups excluding carboxylic acids is 2. The lowest BCUT2D eigenvalue weighted by Crippen LogP contribution is -2.25. The summed E-state index contributed by atoms with van der Waals surface area (Å²) >= 11 is 1.23. The Hall–Kier alpha value is -3.92. The van der Waals surface area contributed by atoms with Crippen LogP contribution in [0.15, 0.2) is 71.1 Å². The first-order chi connectivity index (χ1) is 16.0. The molecule has 168 valence electrons. The van der Waals surface area contributed by atoms with Gasteiger partial charge in [0.15, 0.2) is 5.16 Å². The second kappa shape index (κ2) is 9.70. The highest BCUT2D eigenvalue weighted by molar-refractivity contribution is 7.99. The smallest absolute Gasteiger partial charge is 0.263 e.